The van der Waals surface area contributed by atoms with Gasteiger partial charge in [-0.15, -0.1) is 0 Å². The fraction of sp³-hybridized carbons (Fsp3) is 0. The number of aromatic nitrogens is 1. The molecule has 1 aromatic carbocycles. The van der Waals surface area contributed by atoms with Crippen molar-refractivity contribution in [3.8, 4) is 6.07 Å². The van der Waals surface area contributed by atoms with Crippen LogP contribution in [0, 0.1) is 11.3 Å². The Morgan fingerprint density at radius 1 is 1.24 bits per heavy atom. The van der Waals surface area contributed by atoms with Gasteiger partial charge in [-0.25, -0.2) is 4.98 Å². The molecule has 17 heavy (non-hydrogen) atoms. The maximum atomic E-state index is 8.84. The molecule has 0 bridgehead atoms. The molecule has 0 atom stereocenters. The maximum absolute atomic E-state index is 8.84. The van der Waals surface area contributed by atoms with E-state index in [4.69, 9.17) is 22.6 Å². The third-order valence-electron chi connectivity index (χ3n) is 2.06. The number of benzene rings is 1. The molecule has 0 amide bonds. The highest BCUT2D eigenvalue weighted by atomic mass is 35.5. The molecule has 0 radical (unpaired) electrons. The summed E-state index contributed by atoms with van der Waals surface area (Å²) in [5.41, 5.74) is 6.23. The molecule has 1 heterocycles. The summed E-state index contributed by atoms with van der Waals surface area (Å²) in [5.74, 6) is 0. The molecule has 0 aliphatic heterocycles. The molecule has 2 rings (SSSR count). The fourth-order valence-electron chi connectivity index (χ4n) is 1.24. The molecule has 1 aromatic heterocycles. The molecule has 0 saturated heterocycles. The zero-order valence-electron chi connectivity index (χ0n) is 8.72. The van der Waals surface area contributed by atoms with E-state index >= 15 is 0 Å². The van der Waals surface area contributed by atoms with Crippen LogP contribution in [0.3, 0.4) is 0 Å². The molecule has 0 fully saturated rings. The molecular formula is C12H8ClN3S. The van der Waals surface area contributed by atoms with Gasteiger partial charge in [0.15, 0.2) is 5.69 Å². The first kappa shape index (κ1) is 11.8. The van der Waals surface area contributed by atoms with Crippen molar-refractivity contribution in [2.75, 3.05) is 5.73 Å². The van der Waals surface area contributed by atoms with Crippen LogP contribution in [0.5, 0.6) is 0 Å². The quantitative estimate of drug-likeness (QED) is 0.901. The normalized spacial score (nSPS) is 9.88. The minimum Gasteiger partial charge on any atom is -0.396 e. The Morgan fingerprint density at radius 2 is 2.00 bits per heavy atom. The second-order valence-corrected chi connectivity index (χ2v) is 4.70. The summed E-state index contributed by atoms with van der Waals surface area (Å²) in [6, 6.07) is 12.9. The summed E-state index contributed by atoms with van der Waals surface area (Å²) in [6.07, 6.45) is 0. The van der Waals surface area contributed by atoms with Gasteiger partial charge in [-0.1, -0.05) is 35.5 Å². The Hall–Kier alpha value is -1.70. The van der Waals surface area contributed by atoms with Crippen LogP contribution in [-0.4, -0.2) is 4.98 Å². The van der Waals surface area contributed by atoms with E-state index in [0.717, 1.165) is 4.90 Å². The van der Waals surface area contributed by atoms with Gasteiger partial charge in [0, 0.05) is 4.90 Å². The number of nitrogens with zero attached hydrogens (tertiary/aromatic N) is 2. The molecular weight excluding hydrogens is 254 g/mol. The first-order valence-corrected chi connectivity index (χ1v) is 5.99. The van der Waals surface area contributed by atoms with Crippen LogP contribution in [0.15, 0.2) is 46.3 Å². The third kappa shape index (κ3) is 2.70. The zero-order valence-corrected chi connectivity index (χ0v) is 10.3. The van der Waals surface area contributed by atoms with Gasteiger partial charge >= 0.3 is 0 Å². The van der Waals surface area contributed by atoms with E-state index in [2.05, 4.69) is 4.98 Å². The van der Waals surface area contributed by atoms with Gasteiger partial charge in [-0.05, 0) is 24.3 Å². The second kappa shape index (κ2) is 5.09. The van der Waals surface area contributed by atoms with E-state index in [9.17, 15) is 0 Å². The van der Waals surface area contributed by atoms with Crippen LogP contribution in [0.1, 0.15) is 5.69 Å². The van der Waals surface area contributed by atoms with E-state index < -0.39 is 0 Å². The average Bonchev–Trinajstić information content (AvgIpc) is 2.34. The Morgan fingerprint density at radius 3 is 2.71 bits per heavy atom. The number of halogens is 1. The van der Waals surface area contributed by atoms with Crippen LogP contribution in [0.2, 0.25) is 5.02 Å². The van der Waals surface area contributed by atoms with E-state index in [1.54, 1.807) is 12.1 Å². The Balaban J connectivity index is 2.32. The van der Waals surface area contributed by atoms with Crippen LogP contribution in [0.4, 0.5) is 5.69 Å². The number of pyridine rings is 1. The lowest BCUT2D eigenvalue weighted by molar-refractivity contribution is 1.11. The summed E-state index contributed by atoms with van der Waals surface area (Å²) >= 11 is 7.44. The summed E-state index contributed by atoms with van der Waals surface area (Å²) in [6.45, 7) is 0. The molecule has 3 nitrogen and oxygen atoms in total. The fourth-order valence-corrected chi connectivity index (χ4v) is 2.30. The SMILES string of the molecule is N#Cc1nc(Sc2ccccc2Cl)ccc1N. The number of hydrogen-bond donors (Lipinski definition) is 1. The number of nitrogen functional groups attached to an aromatic ring is 1. The van der Waals surface area contributed by atoms with Gasteiger partial charge in [0.1, 0.15) is 11.1 Å². The maximum Gasteiger partial charge on any atom is 0.164 e. The van der Waals surface area contributed by atoms with Crippen LogP contribution < -0.4 is 5.73 Å². The standard InChI is InChI=1S/C12H8ClN3S/c13-8-3-1-2-4-11(8)17-12-6-5-9(15)10(7-14)16-12/h1-6H,15H2. The zero-order chi connectivity index (χ0) is 12.3. The molecule has 5 heteroatoms. The van der Waals surface area contributed by atoms with Crippen LogP contribution in [0.25, 0.3) is 0 Å². The Kier molecular flexibility index (Phi) is 3.52. The topological polar surface area (TPSA) is 62.7 Å². The smallest absolute Gasteiger partial charge is 0.164 e. The third-order valence-corrected chi connectivity index (χ3v) is 3.51. The number of rotatable bonds is 2. The number of hydrogen-bond acceptors (Lipinski definition) is 4. The average molecular weight is 262 g/mol. The van der Waals surface area contributed by atoms with Crippen molar-refractivity contribution in [2.45, 2.75) is 9.92 Å². The molecule has 0 aliphatic rings. The van der Waals surface area contributed by atoms with Crippen LogP contribution >= 0.6 is 23.4 Å². The lowest BCUT2D eigenvalue weighted by atomic mass is 10.3. The Bertz CT molecular complexity index is 593. The minimum absolute atomic E-state index is 0.238. The van der Waals surface area contributed by atoms with E-state index in [1.807, 2.05) is 30.3 Å². The lowest BCUT2D eigenvalue weighted by Gasteiger charge is -2.04. The molecule has 2 N–H and O–H groups in total. The highest BCUT2D eigenvalue weighted by molar-refractivity contribution is 7.99. The molecule has 0 aliphatic carbocycles. The van der Waals surface area contributed by atoms with E-state index in [0.29, 0.717) is 15.7 Å². The van der Waals surface area contributed by atoms with Crippen molar-refractivity contribution < 1.29 is 0 Å². The molecule has 2 aromatic rings. The summed E-state index contributed by atoms with van der Waals surface area (Å²) in [4.78, 5) is 5.04. The number of nitriles is 1. The molecule has 84 valence electrons. The van der Waals surface area contributed by atoms with Gasteiger partial charge in [0.2, 0.25) is 0 Å². The molecule has 0 spiro atoms. The summed E-state index contributed by atoms with van der Waals surface area (Å²) in [7, 11) is 0. The number of anilines is 1. The van der Waals surface area contributed by atoms with Crippen molar-refractivity contribution in [3.05, 3.63) is 47.1 Å². The van der Waals surface area contributed by atoms with Gasteiger partial charge in [-0.3, -0.25) is 0 Å². The predicted octanol–water partition coefficient (Wildman–Crippen LogP) is 3.34. The van der Waals surface area contributed by atoms with Crippen molar-refractivity contribution >= 4 is 29.1 Å². The summed E-state index contributed by atoms with van der Waals surface area (Å²) < 4.78 is 0. The largest absolute Gasteiger partial charge is 0.396 e. The lowest BCUT2D eigenvalue weighted by Crippen LogP contribution is -1.94. The first-order valence-electron chi connectivity index (χ1n) is 4.79. The van der Waals surface area contributed by atoms with Crippen molar-refractivity contribution in [1.29, 1.82) is 5.26 Å². The second-order valence-electron chi connectivity index (χ2n) is 3.23. The molecule has 0 saturated carbocycles. The van der Waals surface area contributed by atoms with Crippen molar-refractivity contribution in [2.24, 2.45) is 0 Å². The Labute approximate surface area is 108 Å². The summed E-state index contributed by atoms with van der Waals surface area (Å²) in [5, 5.41) is 10.2. The van der Waals surface area contributed by atoms with Crippen molar-refractivity contribution in [1.82, 2.24) is 4.98 Å². The first-order chi connectivity index (χ1) is 8.20. The van der Waals surface area contributed by atoms with Gasteiger partial charge in [0.25, 0.3) is 0 Å². The monoisotopic (exact) mass is 261 g/mol. The van der Waals surface area contributed by atoms with E-state index in [1.165, 1.54) is 11.8 Å². The number of nitrogens with two attached hydrogens (primary N) is 1. The van der Waals surface area contributed by atoms with Gasteiger partial charge < -0.3 is 5.73 Å². The highest BCUT2D eigenvalue weighted by Crippen LogP contribution is 2.32. The van der Waals surface area contributed by atoms with Crippen LogP contribution in [-0.2, 0) is 0 Å². The highest BCUT2D eigenvalue weighted by Gasteiger charge is 2.06. The van der Waals surface area contributed by atoms with Crippen molar-refractivity contribution in [3.63, 3.8) is 0 Å². The minimum atomic E-state index is 0.238. The molecule has 0 unspecified atom stereocenters. The predicted molar refractivity (Wildman–Crippen MR) is 68.9 cm³/mol. The van der Waals surface area contributed by atoms with Gasteiger partial charge in [0.05, 0.1) is 10.7 Å². The van der Waals surface area contributed by atoms with E-state index in [-0.39, 0.29) is 5.69 Å². The van der Waals surface area contributed by atoms with Gasteiger partial charge in [-0.2, -0.15) is 5.26 Å².